The van der Waals surface area contributed by atoms with Crippen molar-refractivity contribution in [1.29, 1.82) is 0 Å². The second-order valence-corrected chi connectivity index (χ2v) is 9.25. The Kier molecular flexibility index (Phi) is 6.10. The largest absolute Gasteiger partial charge is 0.453 e. The number of sulfone groups is 1. The lowest BCUT2D eigenvalue weighted by molar-refractivity contribution is -0.146. The summed E-state index contributed by atoms with van der Waals surface area (Å²) in [5.74, 6) is 3.33. The maximum absolute atomic E-state index is 12.7. The first kappa shape index (κ1) is 20.8. The van der Waals surface area contributed by atoms with Crippen LogP contribution in [0.3, 0.4) is 0 Å². The van der Waals surface area contributed by atoms with Crippen LogP contribution in [0.25, 0.3) is 0 Å². The van der Waals surface area contributed by atoms with E-state index in [1.54, 1.807) is 6.92 Å². The summed E-state index contributed by atoms with van der Waals surface area (Å²) in [6.45, 7) is 3.67. The molecule has 0 unspecified atom stereocenters. The van der Waals surface area contributed by atoms with E-state index in [0.717, 1.165) is 11.8 Å². The summed E-state index contributed by atoms with van der Waals surface area (Å²) in [4.78, 5) is 14.1. The van der Waals surface area contributed by atoms with Crippen LogP contribution in [0.4, 0.5) is 13.2 Å². The van der Waals surface area contributed by atoms with E-state index in [1.165, 1.54) is 4.90 Å². The minimum Gasteiger partial charge on any atom is -0.335 e. The van der Waals surface area contributed by atoms with Gasteiger partial charge < -0.3 is 10.7 Å². The number of amides is 1. The molecule has 2 atom stereocenters. The van der Waals surface area contributed by atoms with E-state index in [0.29, 0.717) is 17.5 Å². The highest BCUT2D eigenvalue weighted by Crippen LogP contribution is 2.29. The van der Waals surface area contributed by atoms with Crippen LogP contribution in [0.15, 0.2) is 5.16 Å². The number of nitrogens with two attached hydrogens (primary N) is 1. The number of hydrogen-bond acceptors (Lipinski definition) is 7. The van der Waals surface area contributed by atoms with E-state index < -0.39 is 27.9 Å². The third kappa shape index (κ3) is 4.61. The molecule has 0 saturated carbocycles. The molecule has 0 aromatic carbocycles. The van der Waals surface area contributed by atoms with Gasteiger partial charge in [-0.2, -0.15) is 13.2 Å². The number of nitrogens with zero attached hydrogens (tertiary/aromatic N) is 4. The van der Waals surface area contributed by atoms with Crippen LogP contribution >= 0.6 is 11.8 Å². The van der Waals surface area contributed by atoms with Crippen molar-refractivity contribution >= 4 is 27.5 Å². The molecule has 0 radical (unpaired) electrons. The van der Waals surface area contributed by atoms with Crippen LogP contribution in [-0.2, 0) is 20.8 Å². The standard InChI is InChI=1S/C13H20F3N5O3S2/c1-3-8(2)20(9-4-5-26(23,24)7-9)10(22)6-25-12-19-18-11(21(12)17)13(14,15)16/h8-9H,3-7,17H2,1-2H3/t8-,9+/m0/s1. The molecule has 1 aliphatic rings. The predicted octanol–water partition coefficient (Wildman–Crippen LogP) is 0.917. The Morgan fingerprint density at radius 1 is 1.46 bits per heavy atom. The molecule has 2 rings (SSSR count). The summed E-state index contributed by atoms with van der Waals surface area (Å²) < 4.78 is 61.7. The molecule has 0 aliphatic carbocycles. The van der Waals surface area contributed by atoms with Crippen molar-refractivity contribution < 1.29 is 26.4 Å². The maximum atomic E-state index is 12.7. The lowest BCUT2D eigenvalue weighted by Gasteiger charge is -2.33. The van der Waals surface area contributed by atoms with Gasteiger partial charge in [0.05, 0.1) is 17.3 Å². The minimum absolute atomic E-state index is 0.0249. The smallest absolute Gasteiger partial charge is 0.335 e. The first-order chi connectivity index (χ1) is 12.0. The molecule has 1 amide bonds. The van der Waals surface area contributed by atoms with E-state index in [1.807, 2.05) is 6.92 Å². The van der Waals surface area contributed by atoms with Crippen LogP contribution in [0.1, 0.15) is 32.5 Å². The molecule has 1 aromatic heterocycles. The molecule has 148 valence electrons. The quantitative estimate of drug-likeness (QED) is 0.543. The molecule has 1 aromatic rings. The van der Waals surface area contributed by atoms with E-state index >= 15 is 0 Å². The molecule has 8 nitrogen and oxygen atoms in total. The Balaban J connectivity index is 2.10. The molecular formula is C13H20F3N5O3S2. The fourth-order valence-corrected chi connectivity index (χ4v) is 5.21. The Morgan fingerprint density at radius 2 is 2.12 bits per heavy atom. The molecule has 26 heavy (non-hydrogen) atoms. The Hall–Kier alpha value is -1.50. The van der Waals surface area contributed by atoms with Crippen molar-refractivity contribution in [1.82, 2.24) is 19.8 Å². The molecule has 2 heterocycles. The summed E-state index contributed by atoms with van der Waals surface area (Å²) in [5.41, 5.74) is 0. The van der Waals surface area contributed by atoms with Crippen molar-refractivity contribution in [3.63, 3.8) is 0 Å². The minimum atomic E-state index is -4.74. The summed E-state index contributed by atoms with van der Waals surface area (Å²) in [6.07, 6.45) is -3.77. The van der Waals surface area contributed by atoms with Gasteiger partial charge in [0.25, 0.3) is 5.82 Å². The molecule has 1 saturated heterocycles. The lowest BCUT2D eigenvalue weighted by Crippen LogP contribution is -2.47. The molecule has 0 bridgehead atoms. The van der Waals surface area contributed by atoms with Gasteiger partial charge in [0, 0.05) is 12.1 Å². The highest BCUT2D eigenvalue weighted by molar-refractivity contribution is 7.99. The predicted molar refractivity (Wildman–Crippen MR) is 89.6 cm³/mol. The molecule has 1 fully saturated rings. The number of alkyl halides is 3. The third-order valence-electron chi connectivity index (χ3n) is 4.20. The van der Waals surface area contributed by atoms with Crippen molar-refractivity contribution in [3.8, 4) is 0 Å². The van der Waals surface area contributed by atoms with Gasteiger partial charge in [-0.1, -0.05) is 18.7 Å². The first-order valence-electron chi connectivity index (χ1n) is 7.88. The lowest BCUT2D eigenvalue weighted by atomic mass is 10.1. The van der Waals surface area contributed by atoms with Gasteiger partial charge in [-0.25, -0.2) is 13.1 Å². The van der Waals surface area contributed by atoms with Crippen molar-refractivity contribution in [2.24, 2.45) is 0 Å². The summed E-state index contributed by atoms with van der Waals surface area (Å²) in [7, 11) is -3.17. The monoisotopic (exact) mass is 415 g/mol. The third-order valence-corrected chi connectivity index (χ3v) is 6.88. The highest BCUT2D eigenvalue weighted by Gasteiger charge is 2.39. The van der Waals surface area contributed by atoms with Gasteiger partial charge in [0.15, 0.2) is 9.84 Å². The van der Waals surface area contributed by atoms with Crippen molar-refractivity contribution in [2.45, 2.75) is 50.1 Å². The first-order valence-corrected chi connectivity index (χ1v) is 10.7. The number of carbonyl (C=O) groups excluding carboxylic acids is 1. The van der Waals surface area contributed by atoms with Gasteiger partial charge in [-0.05, 0) is 19.8 Å². The Bertz CT molecular complexity index is 766. The van der Waals surface area contributed by atoms with E-state index in [-0.39, 0.29) is 34.4 Å². The second kappa shape index (κ2) is 7.62. The number of hydrogen-bond donors (Lipinski definition) is 1. The molecule has 2 N–H and O–H groups in total. The van der Waals surface area contributed by atoms with Crippen LogP contribution < -0.4 is 5.84 Å². The molecule has 13 heteroatoms. The SMILES string of the molecule is CC[C@H](C)N(C(=O)CSc1nnc(C(F)(F)F)n1N)[C@@H]1CCS(=O)(=O)C1. The summed E-state index contributed by atoms with van der Waals surface area (Å²) in [6, 6.07) is -0.618. The zero-order valence-electron chi connectivity index (χ0n) is 14.2. The number of thioether (sulfide) groups is 1. The zero-order chi connectivity index (χ0) is 19.7. The van der Waals surface area contributed by atoms with Crippen LogP contribution in [0.5, 0.6) is 0 Å². The Labute approximate surface area is 153 Å². The van der Waals surface area contributed by atoms with E-state index in [4.69, 9.17) is 5.84 Å². The van der Waals surface area contributed by atoms with Crippen LogP contribution in [-0.4, -0.2) is 63.4 Å². The van der Waals surface area contributed by atoms with Crippen LogP contribution in [0.2, 0.25) is 0 Å². The second-order valence-electron chi connectivity index (χ2n) is 6.08. The molecule has 1 aliphatic heterocycles. The maximum Gasteiger partial charge on any atom is 0.453 e. The van der Waals surface area contributed by atoms with Gasteiger partial charge in [0.2, 0.25) is 11.1 Å². The van der Waals surface area contributed by atoms with E-state index in [9.17, 15) is 26.4 Å². The topological polar surface area (TPSA) is 111 Å². The molecule has 0 spiro atoms. The normalized spacial score (nSPS) is 20.9. The fraction of sp³-hybridized carbons (Fsp3) is 0.769. The van der Waals surface area contributed by atoms with Crippen molar-refractivity contribution in [3.05, 3.63) is 5.82 Å². The molecular weight excluding hydrogens is 395 g/mol. The average molecular weight is 415 g/mol. The summed E-state index contributed by atoms with van der Waals surface area (Å²) >= 11 is 0.731. The fourth-order valence-electron chi connectivity index (χ4n) is 2.77. The van der Waals surface area contributed by atoms with Gasteiger partial charge in [-0.3, -0.25) is 4.79 Å². The summed E-state index contributed by atoms with van der Waals surface area (Å²) in [5, 5.41) is 6.12. The van der Waals surface area contributed by atoms with E-state index in [2.05, 4.69) is 10.2 Å². The van der Waals surface area contributed by atoms with Gasteiger partial charge >= 0.3 is 6.18 Å². The van der Waals surface area contributed by atoms with Gasteiger partial charge in [0.1, 0.15) is 0 Å². The van der Waals surface area contributed by atoms with Crippen LogP contribution in [0, 0.1) is 0 Å². The average Bonchev–Trinajstić information content (AvgIpc) is 3.07. The number of carbonyl (C=O) groups is 1. The number of nitrogen functional groups attached to an aromatic ring is 1. The number of rotatable bonds is 6. The highest BCUT2D eigenvalue weighted by atomic mass is 32.2. The Morgan fingerprint density at radius 3 is 2.58 bits per heavy atom. The zero-order valence-corrected chi connectivity index (χ0v) is 15.9. The van der Waals surface area contributed by atoms with Gasteiger partial charge in [-0.15, -0.1) is 10.2 Å². The van der Waals surface area contributed by atoms with Crippen molar-refractivity contribution in [2.75, 3.05) is 23.1 Å². The number of halogens is 3. The number of aromatic nitrogens is 3.